The number of amides is 2. The summed E-state index contributed by atoms with van der Waals surface area (Å²) >= 11 is 0. The lowest BCUT2D eigenvalue weighted by molar-refractivity contribution is -0.147. The molecule has 39 heavy (non-hydrogen) atoms. The summed E-state index contributed by atoms with van der Waals surface area (Å²) < 4.78 is 47.7. The molecule has 2 aromatic heterocycles. The van der Waals surface area contributed by atoms with Crippen LogP contribution in [0.4, 0.5) is 18.9 Å². The van der Waals surface area contributed by atoms with E-state index in [0.717, 1.165) is 10.1 Å². The van der Waals surface area contributed by atoms with Gasteiger partial charge in [0, 0.05) is 19.5 Å². The molecule has 0 fully saturated rings. The smallest absolute Gasteiger partial charge is 0.449 e. The van der Waals surface area contributed by atoms with Gasteiger partial charge in [0.2, 0.25) is 23.5 Å². The number of carbonyl (C=O) groups is 2. The molecular weight excluding hydrogens is 511 g/mol. The second-order valence-corrected chi connectivity index (χ2v) is 9.18. The van der Waals surface area contributed by atoms with Crippen molar-refractivity contribution in [2.45, 2.75) is 39.0 Å². The molecule has 0 bridgehead atoms. The van der Waals surface area contributed by atoms with Crippen LogP contribution in [0.1, 0.15) is 22.5 Å². The fraction of sp³-hybridized carbons (Fsp3) is 0.286. The van der Waals surface area contributed by atoms with E-state index < -0.39 is 36.4 Å². The molecule has 0 saturated carbocycles. The zero-order valence-electron chi connectivity index (χ0n) is 21.9. The lowest BCUT2D eigenvalue weighted by Gasteiger charge is -2.25. The van der Waals surface area contributed by atoms with Gasteiger partial charge >= 0.3 is 6.18 Å². The molecule has 0 radical (unpaired) electrons. The van der Waals surface area contributed by atoms with Crippen molar-refractivity contribution in [3.05, 3.63) is 83.3 Å². The molecule has 0 saturated heterocycles. The van der Waals surface area contributed by atoms with Crippen LogP contribution in [0.3, 0.4) is 0 Å². The number of hydrogen-bond acceptors (Lipinski definition) is 5. The van der Waals surface area contributed by atoms with Gasteiger partial charge in [-0.2, -0.15) is 13.2 Å². The molecule has 0 unspecified atom stereocenters. The molecule has 1 atom stereocenters. The summed E-state index contributed by atoms with van der Waals surface area (Å²) in [5.74, 6) is -2.02. The molecule has 4 aromatic rings. The average molecular weight is 540 g/mol. The fourth-order valence-corrected chi connectivity index (χ4v) is 4.39. The molecule has 2 aromatic carbocycles. The number of halogens is 3. The Morgan fingerprint density at radius 1 is 1.05 bits per heavy atom. The number of aromatic nitrogens is 3. The molecule has 11 heteroatoms. The zero-order chi connectivity index (χ0) is 28.3. The van der Waals surface area contributed by atoms with E-state index in [1.54, 1.807) is 62.4 Å². The first-order chi connectivity index (χ1) is 18.5. The topological polar surface area (TPSA) is 89.4 Å². The lowest BCUT2D eigenvalue weighted by Crippen LogP contribution is -2.49. The van der Waals surface area contributed by atoms with E-state index in [4.69, 9.17) is 4.74 Å². The highest BCUT2D eigenvalue weighted by molar-refractivity contribution is 5.99. The number of likely N-dealkylation sites (N-methyl/N-ethyl adjacent to an activating group) is 1. The molecule has 0 spiro atoms. The molecule has 2 heterocycles. The normalized spacial score (nSPS) is 12.3. The molecule has 2 amide bonds. The first kappa shape index (κ1) is 27.6. The van der Waals surface area contributed by atoms with Crippen molar-refractivity contribution in [2.75, 3.05) is 19.1 Å². The summed E-state index contributed by atoms with van der Waals surface area (Å²) in [7, 11) is 3.01. The van der Waals surface area contributed by atoms with Gasteiger partial charge in [0.1, 0.15) is 12.6 Å². The second kappa shape index (κ2) is 11.1. The number of benzene rings is 2. The van der Waals surface area contributed by atoms with E-state index in [-0.39, 0.29) is 17.5 Å². The SMILES string of the molecule is COc1ccc(N(C)C(=O)[C@H](Cc2ccccc2)NC(=O)Cn2c(C(F)(F)F)nc3c(C)ccc(C)c32)cn1. The van der Waals surface area contributed by atoms with Gasteiger partial charge < -0.3 is 19.5 Å². The molecule has 0 aliphatic carbocycles. The molecule has 204 valence electrons. The molecule has 0 aliphatic rings. The Balaban J connectivity index is 1.65. The van der Waals surface area contributed by atoms with Gasteiger partial charge in [-0.3, -0.25) is 9.59 Å². The van der Waals surface area contributed by atoms with Gasteiger partial charge in [0.15, 0.2) is 0 Å². The Bertz CT molecular complexity index is 1480. The van der Waals surface area contributed by atoms with E-state index in [0.29, 0.717) is 22.7 Å². The maximum atomic E-state index is 13.9. The minimum Gasteiger partial charge on any atom is -0.481 e. The summed E-state index contributed by atoms with van der Waals surface area (Å²) in [5.41, 5.74) is 2.75. The van der Waals surface area contributed by atoms with Crippen LogP contribution in [0.5, 0.6) is 5.88 Å². The van der Waals surface area contributed by atoms with Gasteiger partial charge in [-0.25, -0.2) is 9.97 Å². The van der Waals surface area contributed by atoms with Crippen molar-refractivity contribution in [1.82, 2.24) is 19.9 Å². The minimum atomic E-state index is -4.78. The van der Waals surface area contributed by atoms with E-state index in [1.807, 2.05) is 6.07 Å². The van der Waals surface area contributed by atoms with Gasteiger partial charge in [-0.05, 0) is 36.6 Å². The van der Waals surface area contributed by atoms with Gasteiger partial charge in [0.05, 0.1) is 30.0 Å². The second-order valence-electron chi connectivity index (χ2n) is 9.18. The number of rotatable bonds is 8. The third-order valence-electron chi connectivity index (χ3n) is 6.42. The van der Waals surface area contributed by atoms with Crippen LogP contribution in [0.2, 0.25) is 0 Å². The summed E-state index contributed by atoms with van der Waals surface area (Å²) in [6.45, 7) is 2.66. The van der Waals surface area contributed by atoms with Gasteiger partial charge in [0.25, 0.3) is 0 Å². The number of carbonyl (C=O) groups excluding carboxylic acids is 2. The van der Waals surface area contributed by atoms with E-state index >= 15 is 0 Å². The number of nitrogens with zero attached hydrogens (tertiary/aromatic N) is 4. The van der Waals surface area contributed by atoms with Crippen molar-refractivity contribution in [1.29, 1.82) is 0 Å². The van der Waals surface area contributed by atoms with Crippen molar-refractivity contribution < 1.29 is 27.5 Å². The Labute approximate surface area is 223 Å². The number of imidazole rings is 1. The highest BCUT2D eigenvalue weighted by atomic mass is 19.4. The number of hydrogen-bond donors (Lipinski definition) is 1. The quantitative estimate of drug-likeness (QED) is 0.357. The lowest BCUT2D eigenvalue weighted by atomic mass is 10.0. The number of anilines is 1. The van der Waals surface area contributed by atoms with Crippen LogP contribution in [-0.4, -0.2) is 46.5 Å². The van der Waals surface area contributed by atoms with Crippen LogP contribution in [-0.2, 0) is 28.7 Å². The number of ether oxygens (including phenoxy) is 1. The number of methoxy groups -OCH3 is 1. The maximum Gasteiger partial charge on any atom is 0.449 e. The zero-order valence-corrected chi connectivity index (χ0v) is 21.9. The number of pyridine rings is 1. The maximum absolute atomic E-state index is 13.9. The Morgan fingerprint density at radius 3 is 2.36 bits per heavy atom. The average Bonchev–Trinajstić information content (AvgIpc) is 3.31. The fourth-order valence-electron chi connectivity index (χ4n) is 4.39. The van der Waals surface area contributed by atoms with Crippen LogP contribution in [0.25, 0.3) is 11.0 Å². The Kier molecular flexibility index (Phi) is 7.89. The van der Waals surface area contributed by atoms with Gasteiger partial charge in [-0.1, -0.05) is 42.5 Å². The molecule has 1 N–H and O–H groups in total. The molecule has 0 aliphatic heterocycles. The number of aryl methyl sites for hydroxylation is 2. The molecule has 4 rings (SSSR count). The minimum absolute atomic E-state index is 0.133. The van der Waals surface area contributed by atoms with E-state index in [9.17, 15) is 22.8 Å². The highest BCUT2D eigenvalue weighted by Crippen LogP contribution is 2.33. The van der Waals surface area contributed by atoms with Crippen LogP contribution in [0.15, 0.2) is 60.8 Å². The Morgan fingerprint density at radius 2 is 1.74 bits per heavy atom. The predicted molar refractivity (Wildman–Crippen MR) is 140 cm³/mol. The van der Waals surface area contributed by atoms with Crippen molar-refractivity contribution in [3.63, 3.8) is 0 Å². The highest BCUT2D eigenvalue weighted by Gasteiger charge is 2.39. The van der Waals surface area contributed by atoms with Crippen molar-refractivity contribution in [3.8, 4) is 5.88 Å². The number of alkyl halides is 3. The van der Waals surface area contributed by atoms with Gasteiger partial charge in [-0.15, -0.1) is 0 Å². The van der Waals surface area contributed by atoms with E-state index in [2.05, 4.69) is 15.3 Å². The molecular formula is C28H28F3N5O3. The van der Waals surface area contributed by atoms with Crippen molar-refractivity contribution >= 4 is 28.5 Å². The first-order valence-corrected chi connectivity index (χ1v) is 12.1. The molecule has 8 nitrogen and oxygen atoms in total. The third-order valence-corrected chi connectivity index (χ3v) is 6.42. The monoisotopic (exact) mass is 539 g/mol. The van der Waals surface area contributed by atoms with E-state index in [1.165, 1.54) is 25.3 Å². The van der Waals surface area contributed by atoms with Crippen LogP contribution < -0.4 is 15.0 Å². The summed E-state index contributed by atoms with van der Waals surface area (Å²) in [4.78, 5) is 36.1. The predicted octanol–water partition coefficient (Wildman–Crippen LogP) is 4.47. The van der Waals surface area contributed by atoms with Crippen molar-refractivity contribution in [2.24, 2.45) is 0 Å². The standard InChI is InChI=1S/C28H28F3N5O3/c1-17-10-11-18(2)25-24(17)34-27(28(29,30)31)36(25)16-22(37)33-21(14-19-8-6-5-7-9-19)26(38)35(3)20-12-13-23(39-4)32-15-20/h5-13,15,21H,14,16H2,1-4H3,(H,33,37)/t21-/m0/s1. The largest absolute Gasteiger partial charge is 0.481 e. The van der Waals surface area contributed by atoms with Crippen LogP contribution >= 0.6 is 0 Å². The third kappa shape index (κ3) is 6.02. The summed E-state index contributed by atoms with van der Waals surface area (Å²) in [6.07, 6.45) is -3.19. The number of fused-ring (bicyclic) bond motifs is 1. The Hall–Kier alpha value is -4.41. The first-order valence-electron chi connectivity index (χ1n) is 12.1. The summed E-state index contributed by atoms with van der Waals surface area (Å²) in [6, 6.07) is 14.6. The number of nitrogens with one attached hydrogen (secondary N) is 1. The summed E-state index contributed by atoms with van der Waals surface area (Å²) in [5, 5.41) is 2.66. The van der Waals surface area contributed by atoms with Crippen LogP contribution in [0, 0.1) is 13.8 Å².